The standard InChI is InChI=1S/C24H27N2O/c1-14(2)19-12-21(26(6)13-20(19)15(3)4)22-16(5)9-10-17-18-8-7-11-25-24(18)27-23(17)22/h7-15H,1-6H3/q+1/i1D3,3D3,4D3,14D,15D. The molecule has 3 aromatic heterocycles. The summed E-state index contributed by atoms with van der Waals surface area (Å²) in [5.74, 6) is -5.66. The molecule has 0 aliphatic carbocycles. The van der Waals surface area contributed by atoms with Gasteiger partial charge in [-0.1, -0.05) is 39.6 Å². The molecule has 0 bridgehead atoms. The maximum absolute atomic E-state index is 8.83. The highest BCUT2D eigenvalue weighted by molar-refractivity contribution is 6.08. The second-order valence-electron chi connectivity index (χ2n) is 6.69. The molecule has 0 saturated heterocycles. The number of benzene rings is 1. The number of furan rings is 1. The first kappa shape index (κ1) is 9.01. The Bertz CT molecular complexity index is 1530. The quantitative estimate of drug-likeness (QED) is 0.412. The predicted octanol–water partition coefficient (Wildman–Crippen LogP) is 6.03. The Kier molecular flexibility index (Phi) is 2.16. The average molecular weight is 371 g/mol. The Balaban J connectivity index is 2.18. The maximum Gasteiger partial charge on any atom is 0.227 e. The Labute approximate surface area is 176 Å². The zero-order valence-corrected chi connectivity index (χ0v) is 15.3. The van der Waals surface area contributed by atoms with Crippen molar-refractivity contribution in [3.63, 3.8) is 0 Å². The molecular formula is C24H27N2O+. The van der Waals surface area contributed by atoms with Crippen LogP contribution in [0.4, 0.5) is 0 Å². The van der Waals surface area contributed by atoms with E-state index in [1.165, 1.54) is 17.7 Å². The normalized spacial score (nSPS) is 22.0. The van der Waals surface area contributed by atoms with E-state index in [1.807, 2.05) is 25.1 Å². The number of hydrogen-bond donors (Lipinski definition) is 0. The first-order valence-corrected chi connectivity index (χ1v) is 8.55. The molecular weight excluding hydrogens is 332 g/mol. The van der Waals surface area contributed by atoms with Crippen LogP contribution in [0, 0.1) is 6.92 Å². The number of rotatable bonds is 3. The molecule has 4 rings (SSSR count). The highest BCUT2D eigenvalue weighted by Gasteiger charge is 2.24. The van der Waals surface area contributed by atoms with Crippen molar-refractivity contribution in [1.82, 2.24) is 4.98 Å². The molecule has 0 amide bonds. The third kappa shape index (κ3) is 2.82. The van der Waals surface area contributed by atoms with Crippen molar-refractivity contribution in [2.24, 2.45) is 7.05 Å². The van der Waals surface area contributed by atoms with E-state index in [1.54, 1.807) is 12.3 Å². The van der Waals surface area contributed by atoms with Crippen molar-refractivity contribution in [2.75, 3.05) is 0 Å². The van der Waals surface area contributed by atoms with E-state index < -0.39 is 43.5 Å². The van der Waals surface area contributed by atoms with Gasteiger partial charge in [-0.3, -0.25) is 0 Å². The van der Waals surface area contributed by atoms with Crippen LogP contribution in [-0.4, -0.2) is 4.98 Å². The summed E-state index contributed by atoms with van der Waals surface area (Å²) in [6.07, 6.45) is 2.73. The monoisotopic (exact) mass is 370 g/mol. The second-order valence-corrected chi connectivity index (χ2v) is 6.69. The SMILES string of the molecule is [2H]C([2H])([2H])C([2H])(C)c1cc(-c2c(C)ccc3c2oc2ncccc23)[n+](C)cc1C([2H])(C([2H])([2H])[2H])C([2H])([2H])[2H]. The van der Waals surface area contributed by atoms with Crippen molar-refractivity contribution in [1.29, 1.82) is 0 Å². The Morgan fingerprint density at radius 3 is 2.70 bits per heavy atom. The van der Waals surface area contributed by atoms with Crippen LogP contribution in [0.5, 0.6) is 0 Å². The van der Waals surface area contributed by atoms with Crippen LogP contribution in [0.15, 0.2) is 47.1 Å². The summed E-state index contributed by atoms with van der Waals surface area (Å²) in [7, 11) is 1.54. The van der Waals surface area contributed by atoms with E-state index in [2.05, 4.69) is 4.98 Å². The lowest BCUT2D eigenvalue weighted by Gasteiger charge is -2.16. The summed E-state index contributed by atoms with van der Waals surface area (Å²) in [5.41, 5.74) is 1.48. The zero-order chi connectivity index (χ0) is 28.6. The molecule has 3 heteroatoms. The summed E-state index contributed by atoms with van der Waals surface area (Å²) < 4.78 is 97.1. The summed E-state index contributed by atoms with van der Waals surface area (Å²) >= 11 is 0. The molecule has 0 fully saturated rings. The van der Waals surface area contributed by atoms with Crippen molar-refractivity contribution < 1.29 is 24.1 Å². The highest BCUT2D eigenvalue weighted by Crippen LogP contribution is 2.37. The van der Waals surface area contributed by atoms with Crippen LogP contribution in [0.25, 0.3) is 33.3 Å². The molecule has 138 valence electrons. The largest absolute Gasteiger partial charge is 0.437 e. The van der Waals surface area contributed by atoms with Crippen LogP contribution in [0.1, 0.15) is 71.0 Å². The number of nitrogens with zero attached hydrogens (tertiary/aromatic N) is 2. The summed E-state index contributed by atoms with van der Waals surface area (Å²) in [6.45, 7) is -6.83. The van der Waals surface area contributed by atoms with Gasteiger partial charge in [0, 0.05) is 43.7 Å². The molecule has 0 aliphatic rings. The Morgan fingerprint density at radius 2 is 1.93 bits per heavy atom. The van der Waals surface area contributed by atoms with Gasteiger partial charge in [0.05, 0.1) is 5.56 Å². The van der Waals surface area contributed by atoms with Gasteiger partial charge in [-0.05, 0) is 42.0 Å². The summed E-state index contributed by atoms with van der Waals surface area (Å²) in [5, 5.41) is 1.50. The van der Waals surface area contributed by atoms with Crippen molar-refractivity contribution >= 4 is 22.1 Å². The molecule has 1 atom stereocenters. The maximum atomic E-state index is 8.83. The smallest absolute Gasteiger partial charge is 0.227 e. The molecule has 1 unspecified atom stereocenters. The van der Waals surface area contributed by atoms with Gasteiger partial charge < -0.3 is 4.42 Å². The number of aryl methyl sites for hydroxylation is 2. The molecule has 1 aromatic carbocycles. The van der Waals surface area contributed by atoms with Gasteiger partial charge in [0.2, 0.25) is 11.4 Å². The van der Waals surface area contributed by atoms with Crippen molar-refractivity contribution in [3.8, 4) is 11.3 Å². The third-order valence-corrected chi connectivity index (χ3v) is 4.83. The van der Waals surface area contributed by atoms with Crippen LogP contribution in [-0.2, 0) is 7.05 Å². The van der Waals surface area contributed by atoms with Gasteiger partial charge in [-0.15, -0.1) is 0 Å². The summed E-state index contributed by atoms with van der Waals surface area (Å²) in [6, 6.07) is 8.63. The van der Waals surface area contributed by atoms with Crippen LogP contribution >= 0.6 is 0 Å². The highest BCUT2D eigenvalue weighted by atomic mass is 16.3. The van der Waals surface area contributed by atoms with Crippen molar-refractivity contribution in [3.05, 3.63) is 59.4 Å². The fourth-order valence-corrected chi connectivity index (χ4v) is 3.50. The molecule has 3 heterocycles. The third-order valence-electron chi connectivity index (χ3n) is 4.83. The number of hydrogen-bond acceptors (Lipinski definition) is 2. The lowest BCUT2D eigenvalue weighted by molar-refractivity contribution is -0.660. The van der Waals surface area contributed by atoms with Gasteiger partial charge in [0.25, 0.3) is 0 Å². The van der Waals surface area contributed by atoms with E-state index in [0.717, 1.165) is 29.5 Å². The first-order valence-electron chi connectivity index (χ1n) is 14.1. The van der Waals surface area contributed by atoms with Crippen LogP contribution in [0.3, 0.4) is 0 Å². The van der Waals surface area contributed by atoms with E-state index in [9.17, 15) is 0 Å². The second kappa shape index (κ2) is 6.49. The van der Waals surface area contributed by atoms with Gasteiger partial charge >= 0.3 is 0 Å². The van der Waals surface area contributed by atoms with Crippen LogP contribution in [0.2, 0.25) is 0 Å². The zero-order valence-electron chi connectivity index (χ0n) is 26.3. The summed E-state index contributed by atoms with van der Waals surface area (Å²) in [4.78, 5) is 4.27. The molecule has 0 N–H and O–H groups in total. The molecule has 0 saturated carbocycles. The van der Waals surface area contributed by atoms with Gasteiger partial charge in [-0.25, -0.2) is 9.55 Å². The lowest BCUT2D eigenvalue weighted by atomic mass is 9.90. The molecule has 0 radical (unpaired) electrons. The lowest BCUT2D eigenvalue weighted by Crippen LogP contribution is -2.32. The minimum absolute atomic E-state index is 0.354. The molecule has 0 spiro atoms. The minimum atomic E-state index is -3.37. The fraction of sp³-hybridized carbons (Fsp3) is 0.333. The van der Waals surface area contributed by atoms with Gasteiger partial charge in [0.1, 0.15) is 7.05 Å². The average Bonchev–Trinajstić information content (AvgIpc) is 3.15. The van der Waals surface area contributed by atoms with E-state index in [4.69, 9.17) is 19.5 Å². The Morgan fingerprint density at radius 1 is 1.11 bits per heavy atom. The molecule has 3 nitrogen and oxygen atoms in total. The predicted molar refractivity (Wildman–Crippen MR) is 111 cm³/mol. The van der Waals surface area contributed by atoms with E-state index in [0.29, 0.717) is 22.6 Å². The molecule has 0 aliphatic heterocycles. The Hall–Kier alpha value is -2.68. The van der Waals surface area contributed by atoms with E-state index in [-0.39, 0.29) is 0 Å². The molecule has 27 heavy (non-hydrogen) atoms. The fourth-order valence-electron chi connectivity index (χ4n) is 3.50. The number of pyridine rings is 2. The molecule has 4 aromatic rings. The first-order chi connectivity index (χ1) is 17.2. The van der Waals surface area contributed by atoms with Crippen LogP contribution < -0.4 is 4.57 Å². The van der Waals surface area contributed by atoms with Crippen molar-refractivity contribution in [2.45, 2.75) is 46.2 Å². The van der Waals surface area contributed by atoms with E-state index >= 15 is 0 Å². The number of aromatic nitrogens is 2. The minimum Gasteiger partial charge on any atom is -0.437 e. The van der Waals surface area contributed by atoms with Gasteiger partial charge in [0.15, 0.2) is 11.8 Å². The van der Waals surface area contributed by atoms with Gasteiger partial charge in [-0.2, -0.15) is 0 Å². The topological polar surface area (TPSA) is 29.9 Å². The number of fused-ring (bicyclic) bond motifs is 3.